The Kier molecular flexibility index (Phi) is 17.2. The van der Waals surface area contributed by atoms with Gasteiger partial charge in [-0.15, -0.1) is 0 Å². The second kappa shape index (κ2) is 20.6. The van der Waals surface area contributed by atoms with Gasteiger partial charge in [0.1, 0.15) is 19.1 Å². The third-order valence-electron chi connectivity index (χ3n) is 6.31. The zero-order chi connectivity index (χ0) is 31.5. The van der Waals surface area contributed by atoms with Crippen molar-refractivity contribution in [3.8, 4) is 0 Å². The van der Waals surface area contributed by atoms with Crippen molar-refractivity contribution in [3.63, 3.8) is 0 Å². The second-order valence-electron chi connectivity index (χ2n) is 9.26. The highest BCUT2D eigenvalue weighted by atomic mass is 16.6. The zero-order valence-corrected chi connectivity index (χ0v) is 25.2. The van der Waals surface area contributed by atoms with E-state index in [1.54, 1.807) is 34.1 Å². The molecule has 0 saturated carbocycles. The number of nitrogens with zero attached hydrogens (tertiary/aromatic N) is 2. The summed E-state index contributed by atoms with van der Waals surface area (Å²) in [7, 11) is 3.16. The number of hydrogen-bond donors (Lipinski definition) is 0. The number of rotatable bonds is 22. The van der Waals surface area contributed by atoms with Crippen LogP contribution in [0, 0.1) is 16.0 Å². The number of para-hydroxylation sites is 1. The fourth-order valence-corrected chi connectivity index (χ4v) is 4.35. The van der Waals surface area contributed by atoms with E-state index in [1.807, 2.05) is 0 Å². The Morgan fingerprint density at radius 2 is 1.26 bits per heavy atom. The molecule has 0 bridgehead atoms. The maximum absolute atomic E-state index is 13.4. The van der Waals surface area contributed by atoms with Crippen molar-refractivity contribution in [1.82, 2.24) is 0 Å². The van der Waals surface area contributed by atoms with Gasteiger partial charge in [-0.3, -0.25) is 19.9 Å². The summed E-state index contributed by atoms with van der Waals surface area (Å²) in [4.78, 5) is 42.6. The van der Waals surface area contributed by atoms with E-state index in [4.69, 9.17) is 37.9 Å². The highest BCUT2D eigenvalue weighted by Gasteiger charge is 2.44. The molecule has 0 N–H and O–H groups in total. The van der Waals surface area contributed by atoms with Crippen LogP contribution in [-0.4, -0.2) is 116 Å². The normalized spacial score (nSPS) is 16.6. The molecule has 1 aromatic carbocycles. The Hall–Kier alpha value is -3.27. The van der Waals surface area contributed by atoms with Gasteiger partial charge in [-0.1, -0.05) is 18.2 Å². The molecule has 0 aliphatic carbocycles. The highest BCUT2D eigenvalue weighted by molar-refractivity contribution is 6.07. The first-order chi connectivity index (χ1) is 20.8. The van der Waals surface area contributed by atoms with Gasteiger partial charge in [0.25, 0.3) is 5.69 Å². The molecule has 14 heteroatoms. The van der Waals surface area contributed by atoms with Gasteiger partial charge in [0, 0.05) is 43.2 Å². The average Bonchev–Trinajstić information content (AvgIpc) is 2.98. The van der Waals surface area contributed by atoms with Crippen molar-refractivity contribution in [2.24, 2.45) is 10.9 Å². The summed E-state index contributed by atoms with van der Waals surface area (Å²) in [5, 5.41) is 12.0. The molecule has 1 aromatic rings. The minimum Gasteiger partial charge on any atom is -0.463 e. The summed E-state index contributed by atoms with van der Waals surface area (Å²) in [5.74, 6) is -3.63. The van der Waals surface area contributed by atoms with Crippen molar-refractivity contribution >= 4 is 23.3 Å². The van der Waals surface area contributed by atoms with Crippen molar-refractivity contribution in [1.29, 1.82) is 0 Å². The first-order valence-corrected chi connectivity index (χ1v) is 13.9. The van der Waals surface area contributed by atoms with Crippen molar-refractivity contribution < 1.29 is 52.4 Å². The Bertz CT molecular complexity index is 1090. The smallest absolute Gasteiger partial charge is 0.336 e. The van der Waals surface area contributed by atoms with Crippen LogP contribution in [0.1, 0.15) is 25.3 Å². The van der Waals surface area contributed by atoms with Gasteiger partial charge in [-0.05, 0) is 13.8 Å². The summed E-state index contributed by atoms with van der Waals surface area (Å²) in [6.07, 6.45) is 0. The number of allylic oxidation sites excluding steroid dienone is 1. The van der Waals surface area contributed by atoms with Crippen molar-refractivity contribution in [2.75, 3.05) is 93.5 Å². The Balaban J connectivity index is 2.12. The molecule has 2 rings (SSSR count). The van der Waals surface area contributed by atoms with E-state index in [2.05, 4.69) is 4.99 Å². The Morgan fingerprint density at radius 1 is 0.767 bits per heavy atom. The molecule has 1 aliphatic rings. The van der Waals surface area contributed by atoms with Crippen LogP contribution in [-0.2, 0) is 47.5 Å². The molecule has 0 spiro atoms. The molecule has 0 saturated heterocycles. The number of benzene rings is 1. The minimum absolute atomic E-state index is 0.0363. The number of hydrogen-bond acceptors (Lipinski definition) is 13. The first kappa shape index (κ1) is 35.9. The largest absolute Gasteiger partial charge is 0.463 e. The van der Waals surface area contributed by atoms with E-state index >= 15 is 0 Å². The fraction of sp³-hybridized carbons (Fsp3) is 0.621. The SMILES string of the molecule is COCCOCCOCCOC(=O)C1=C(C)N=C(C)C(C(=O)OCCOCCOCCOC)C1c1ccccc1[N+](=O)[O-]. The first-order valence-electron chi connectivity index (χ1n) is 13.9. The molecule has 43 heavy (non-hydrogen) atoms. The summed E-state index contributed by atoms with van der Waals surface area (Å²) < 4.78 is 42.3. The molecule has 1 heterocycles. The molecular weight excluding hydrogens is 568 g/mol. The topological polar surface area (TPSA) is 163 Å². The maximum Gasteiger partial charge on any atom is 0.336 e. The fourth-order valence-electron chi connectivity index (χ4n) is 4.35. The predicted molar refractivity (Wildman–Crippen MR) is 154 cm³/mol. The van der Waals surface area contributed by atoms with Gasteiger partial charge in [-0.2, -0.15) is 0 Å². The van der Waals surface area contributed by atoms with E-state index in [9.17, 15) is 19.7 Å². The van der Waals surface area contributed by atoms with Gasteiger partial charge >= 0.3 is 11.9 Å². The number of esters is 2. The third-order valence-corrected chi connectivity index (χ3v) is 6.31. The number of aliphatic imine (C=N–C) groups is 1. The molecule has 2 unspecified atom stereocenters. The average molecular weight is 611 g/mol. The lowest BCUT2D eigenvalue weighted by Crippen LogP contribution is -2.37. The summed E-state index contributed by atoms with van der Waals surface area (Å²) in [6.45, 7) is 6.42. The van der Waals surface area contributed by atoms with Gasteiger partial charge < -0.3 is 37.9 Å². The lowest BCUT2D eigenvalue weighted by Gasteiger charge is -2.31. The molecule has 2 atom stereocenters. The molecule has 0 radical (unpaired) electrons. The van der Waals surface area contributed by atoms with Crippen LogP contribution in [0.2, 0.25) is 0 Å². The van der Waals surface area contributed by atoms with E-state index in [-0.39, 0.29) is 43.3 Å². The summed E-state index contributed by atoms with van der Waals surface area (Å²) >= 11 is 0. The lowest BCUT2D eigenvalue weighted by molar-refractivity contribution is -0.385. The van der Waals surface area contributed by atoms with E-state index in [0.717, 1.165) is 0 Å². The Morgan fingerprint density at radius 3 is 1.79 bits per heavy atom. The lowest BCUT2D eigenvalue weighted by atomic mass is 9.75. The highest BCUT2D eigenvalue weighted by Crippen LogP contribution is 2.43. The third kappa shape index (κ3) is 12.1. The monoisotopic (exact) mass is 610 g/mol. The van der Waals surface area contributed by atoms with Crippen LogP contribution in [0.4, 0.5) is 5.69 Å². The summed E-state index contributed by atoms with van der Waals surface area (Å²) in [6, 6.07) is 5.96. The van der Waals surface area contributed by atoms with Crippen LogP contribution in [0.3, 0.4) is 0 Å². The van der Waals surface area contributed by atoms with Crippen LogP contribution in [0.15, 0.2) is 40.5 Å². The number of nitro groups is 1. The molecule has 0 fully saturated rings. The van der Waals surface area contributed by atoms with Crippen LogP contribution >= 0.6 is 0 Å². The molecule has 0 aromatic heterocycles. The zero-order valence-electron chi connectivity index (χ0n) is 25.2. The van der Waals surface area contributed by atoms with Crippen molar-refractivity contribution in [2.45, 2.75) is 19.8 Å². The number of carbonyl (C=O) groups excluding carboxylic acids is 2. The molecule has 14 nitrogen and oxygen atoms in total. The minimum atomic E-state index is -1.11. The molecule has 240 valence electrons. The summed E-state index contributed by atoms with van der Waals surface area (Å²) in [5.41, 5.74) is 0.607. The number of ether oxygens (including phenoxy) is 8. The molecule has 0 amide bonds. The van der Waals surface area contributed by atoms with Crippen molar-refractivity contribution in [3.05, 3.63) is 51.2 Å². The maximum atomic E-state index is 13.4. The standard InChI is InChI=1S/C29H42N2O12/c1-21-25(28(32)42-19-17-40-15-13-38-11-9-36-3)27(23-7-5-6-8-24(23)31(34)35)26(22(2)30-21)29(33)43-20-18-41-16-14-39-12-10-37-4/h5-8,25,27H,9-20H2,1-4H3. The van der Waals surface area contributed by atoms with E-state index in [0.29, 0.717) is 64.3 Å². The van der Waals surface area contributed by atoms with Crippen LogP contribution in [0.5, 0.6) is 0 Å². The van der Waals surface area contributed by atoms with Gasteiger partial charge in [0.2, 0.25) is 0 Å². The second-order valence-corrected chi connectivity index (χ2v) is 9.26. The quantitative estimate of drug-likeness (QED) is 0.0817. The predicted octanol–water partition coefficient (Wildman–Crippen LogP) is 2.49. The van der Waals surface area contributed by atoms with E-state index in [1.165, 1.54) is 18.2 Å². The van der Waals surface area contributed by atoms with Gasteiger partial charge in [0.15, 0.2) is 0 Å². The van der Waals surface area contributed by atoms with Crippen LogP contribution < -0.4 is 0 Å². The van der Waals surface area contributed by atoms with Crippen LogP contribution in [0.25, 0.3) is 0 Å². The van der Waals surface area contributed by atoms with E-state index < -0.39 is 28.7 Å². The molecule has 1 aliphatic heterocycles. The molecular formula is C29H42N2O12. The van der Waals surface area contributed by atoms with Gasteiger partial charge in [0.05, 0.1) is 76.6 Å². The number of nitro benzene ring substituents is 1. The Labute approximate surface area is 251 Å². The van der Waals surface area contributed by atoms with Gasteiger partial charge in [-0.25, -0.2) is 4.79 Å². The number of carbonyl (C=O) groups is 2. The number of methoxy groups -OCH3 is 2.